The van der Waals surface area contributed by atoms with Gasteiger partial charge in [0.05, 0.1) is 27.0 Å². The van der Waals surface area contributed by atoms with Crippen molar-refractivity contribution in [1.82, 2.24) is 9.55 Å². The molecule has 1 aromatic carbocycles. The number of alkyl halides is 1. The molecular formula is C15H17BrClFN2O. The highest BCUT2D eigenvalue weighted by molar-refractivity contribution is 9.10. The standard InChI is InChI=1S/C15H17BrClFN2O/c1-8(17)15-19-13-5-11(16)12(18)6-14(13)20(15)7-10-3-4-21-9(10)2/h5-6,8-10H,3-4,7H2,1-2H3. The van der Waals surface area contributed by atoms with Crippen molar-refractivity contribution in [1.29, 1.82) is 0 Å². The molecule has 0 saturated carbocycles. The molecule has 1 fully saturated rings. The lowest BCUT2D eigenvalue weighted by molar-refractivity contribution is 0.102. The Morgan fingerprint density at radius 1 is 1.57 bits per heavy atom. The average molecular weight is 376 g/mol. The molecule has 1 aliphatic rings. The Balaban J connectivity index is 2.09. The summed E-state index contributed by atoms with van der Waals surface area (Å²) in [4.78, 5) is 4.57. The summed E-state index contributed by atoms with van der Waals surface area (Å²) in [6.07, 6.45) is 1.22. The van der Waals surface area contributed by atoms with Gasteiger partial charge >= 0.3 is 0 Å². The van der Waals surface area contributed by atoms with Gasteiger partial charge in [-0.05, 0) is 42.3 Å². The van der Waals surface area contributed by atoms with Gasteiger partial charge in [-0.15, -0.1) is 11.6 Å². The number of aromatic nitrogens is 2. The van der Waals surface area contributed by atoms with Crippen LogP contribution in [0.25, 0.3) is 11.0 Å². The second-order valence-electron chi connectivity index (χ2n) is 5.58. The highest BCUT2D eigenvalue weighted by Crippen LogP contribution is 2.31. The quantitative estimate of drug-likeness (QED) is 0.729. The van der Waals surface area contributed by atoms with E-state index in [1.165, 1.54) is 6.07 Å². The molecule has 3 atom stereocenters. The van der Waals surface area contributed by atoms with Crippen molar-refractivity contribution < 1.29 is 9.13 Å². The summed E-state index contributed by atoms with van der Waals surface area (Å²) in [5, 5.41) is -0.225. The van der Waals surface area contributed by atoms with Crippen LogP contribution in [-0.2, 0) is 11.3 Å². The third-order valence-electron chi connectivity index (χ3n) is 4.13. The summed E-state index contributed by atoms with van der Waals surface area (Å²) in [5.41, 5.74) is 1.55. The summed E-state index contributed by atoms with van der Waals surface area (Å²) in [7, 11) is 0. The largest absolute Gasteiger partial charge is 0.378 e. The fraction of sp³-hybridized carbons (Fsp3) is 0.533. The molecule has 21 heavy (non-hydrogen) atoms. The van der Waals surface area contributed by atoms with E-state index in [1.807, 2.05) is 11.5 Å². The molecule has 114 valence electrons. The Morgan fingerprint density at radius 2 is 2.33 bits per heavy atom. The molecule has 0 N–H and O–H groups in total. The van der Waals surface area contributed by atoms with E-state index in [-0.39, 0.29) is 17.3 Å². The lowest BCUT2D eigenvalue weighted by atomic mass is 10.0. The van der Waals surface area contributed by atoms with Crippen LogP contribution in [0.3, 0.4) is 0 Å². The van der Waals surface area contributed by atoms with Crippen LogP contribution in [0.2, 0.25) is 0 Å². The maximum absolute atomic E-state index is 13.9. The molecule has 3 rings (SSSR count). The van der Waals surface area contributed by atoms with Crippen molar-refractivity contribution in [3.63, 3.8) is 0 Å². The van der Waals surface area contributed by atoms with E-state index in [0.717, 1.165) is 36.4 Å². The fourth-order valence-corrected chi connectivity index (χ4v) is 3.38. The Labute approximate surface area is 136 Å². The summed E-state index contributed by atoms with van der Waals surface area (Å²) >= 11 is 9.47. The molecule has 0 radical (unpaired) electrons. The zero-order chi connectivity index (χ0) is 15.1. The fourth-order valence-electron chi connectivity index (χ4n) is 2.88. The van der Waals surface area contributed by atoms with Gasteiger partial charge in [-0.1, -0.05) is 0 Å². The van der Waals surface area contributed by atoms with Crippen molar-refractivity contribution in [2.45, 2.75) is 38.3 Å². The van der Waals surface area contributed by atoms with Crippen LogP contribution in [-0.4, -0.2) is 22.3 Å². The molecule has 0 amide bonds. The Kier molecular flexibility index (Phi) is 4.26. The zero-order valence-electron chi connectivity index (χ0n) is 11.9. The third kappa shape index (κ3) is 2.83. The predicted molar refractivity (Wildman–Crippen MR) is 85.2 cm³/mol. The van der Waals surface area contributed by atoms with Gasteiger partial charge in [0.15, 0.2) is 0 Å². The van der Waals surface area contributed by atoms with Crippen LogP contribution in [0, 0.1) is 11.7 Å². The number of ether oxygens (including phenoxy) is 1. The molecule has 1 aliphatic heterocycles. The van der Waals surface area contributed by atoms with Gasteiger partial charge in [-0.25, -0.2) is 9.37 Å². The molecule has 2 heterocycles. The molecule has 2 aromatic rings. The number of hydrogen-bond acceptors (Lipinski definition) is 2. The second kappa shape index (κ2) is 5.86. The Morgan fingerprint density at radius 3 is 2.95 bits per heavy atom. The Bertz CT molecular complexity index is 673. The first-order valence-electron chi connectivity index (χ1n) is 7.08. The highest BCUT2D eigenvalue weighted by Gasteiger charge is 2.27. The minimum absolute atomic E-state index is 0.209. The van der Waals surface area contributed by atoms with Gasteiger partial charge in [0, 0.05) is 25.1 Å². The van der Waals surface area contributed by atoms with E-state index in [4.69, 9.17) is 16.3 Å². The number of rotatable bonds is 3. The summed E-state index contributed by atoms with van der Waals surface area (Å²) < 4.78 is 22.0. The van der Waals surface area contributed by atoms with Crippen molar-refractivity contribution in [2.24, 2.45) is 5.92 Å². The lowest BCUT2D eigenvalue weighted by Crippen LogP contribution is -2.19. The van der Waals surface area contributed by atoms with Gasteiger partial charge in [0.2, 0.25) is 0 Å². The van der Waals surface area contributed by atoms with Gasteiger partial charge in [-0.2, -0.15) is 0 Å². The highest BCUT2D eigenvalue weighted by atomic mass is 79.9. The Hall–Kier alpha value is -0.650. The number of benzene rings is 1. The van der Waals surface area contributed by atoms with Crippen molar-refractivity contribution in [3.05, 3.63) is 28.2 Å². The van der Waals surface area contributed by atoms with E-state index in [1.54, 1.807) is 6.07 Å². The SMILES string of the molecule is CC(Cl)c1nc2cc(Br)c(F)cc2n1CC1CCOC1C. The van der Waals surface area contributed by atoms with Crippen LogP contribution in [0.15, 0.2) is 16.6 Å². The number of fused-ring (bicyclic) bond motifs is 1. The van der Waals surface area contributed by atoms with Crippen LogP contribution in [0.5, 0.6) is 0 Å². The lowest BCUT2D eigenvalue weighted by Gasteiger charge is -2.18. The van der Waals surface area contributed by atoms with Gasteiger partial charge < -0.3 is 9.30 Å². The van der Waals surface area contributed by atoms with E-state index in [9.17, 15) is 4.39 Å². The third-order valence-corrected chi connectivity index (χ3v) is 4.93. The van der Waals surface area contributed by atoms with Gasteiger partial charge in [0.1, 0.15) is 11.6 Å². The summed E-state index contributed by atoms with van der Waals surface area (Å²) in [5.74, 6) is 0.902. The molecule has 1 aromatic heterocycles. The normalized spacial score (nSPS) is 23.9. The molecular weight excluding hydrogens is 359 g/mol. The van der Waals surface area contributed by atoms with Gasteiger partial charge in [-0.3, -0.25) is 0 Å². The monoisotopic (exact) mass is 374 g/mol. The molecule has 0 aliphatic carbocycles. The predicted octanol–water partition coefficient (Wildman–Crippen LogP) is 4.66. The second-order valence-corrected chi connectivity index (χ2v) is 7.09. The van der Waals surface area contributed by atoms with E-state index >= 15 is 0 Å². The van der Waals surface area contributed by atoms with E-state index in [2.05, 4.69) is 27.8 Å². The first kappa shape index (κ1) is 15.3. The van der Waals surface area contributed by atoms with E-state index < -0.39 is 0 Å². The van der Waals surface area contributed by atoms with E-state index in [0.29, 0.717) is 10.4 Å². The average Bonchev–Trinajstić information content (AvgIpc) is 2.97. The molecule has 0 bridgehead atoms. The molecule has 6 heteroatoms. The molecule has 3 unspecified atom stereocenters. The van der Waals surface area contributed by atoms with Gasteiger partial charge in [0.25, 0.3) is 0 Å². The summed E-state index contributed by atoms with van der Waals surface area (Å²) in [6, 6.07) is 3.23. The molecule has 3 nitrogen and oxygen atoms in total. The van der Waals surface area contributed by atoms with Crippen molar-refractivity contribution in [2.75, 3.05) is 6.61 Å². The number of nitrogens with zero attached hydrogens (tertiary/aromatic N) is 2. The maximum Gasteiger partial charge on any atom is 0.139 e. The molecule has 1 saturated heterocycles. The smallest absolute Gasteiger partial charge is 0.139 e. The minimum atomic E-state index is -0.284. The van der Waals surface area contributed by atoms with Crippen LogP contribution in [0.1, 0.15) is 31.5 Å². The number of hydrogen-bond donors (Lipinski definition) is 0. The zero-order valence-corrected chi connectivity index (χ0v) is 14.3. The first-order chi connectivity index (χ1) is 9.97. The maximum atomic E-state index is 13.9. The van der Waals surface area contributed by atoms with Crippen LogP contribution in [0.4, 0.5) is 4.39 Å². The number of imidazole rings is 1. The van der Waals surface area contributed by atoms with Crippen LogP contribution >= 0.6 is 27.5 Å². The van der Waals surface area contributed by atoms with Crippen molar-refractivity contribution in [3.8, 4) is 0 Å². The summed E-state index contributed by atoms with van der Waals surface area (Å²) in [6.45, 7) is 5.51. The topological polar surface area (TPSA) is 27.1 Å². The number of halogens is 3. The molecule has 0 spiro atoms. The minimum Gasteiger partial charge on any atom is -0.378 e. The first-order valence-corrected chi connectivity index (χ1v) is 8.31. The van der Waals surface area contributed by atoms with Crippen LogP contribution < -0.4 is 0 Å². The van der Waals surface area contributed by atoms with Crippen molar-refractivity contribution >= 4 is 38.6 Å².